The molecule has 1 unspecified atom stereocenters. The Bertz CT molecular complexity index is 483. The van der Waals surface area contributed by atoms with Gasteiger partial charge in [0, 0.05) is 28.7 Å². The third-order valence-electron chi connectivity index (χ3n) is 2.47. The smallest absolute Gasteiger partial charge is 0.197 e. The lowest BCUT2D eigenvalue weighted by Gasteiger charge is -2.09. The molecule has 0 bridgehead atoms. The molecule has 0 fully saturated rings. The van der Waals surface area contributed by atoms with E-state index in [9.17, 15) is 0 Å². The van der Waals surface area contributed by atoms with E-state index in [-0.39, 0.29) is 4.83 Å². The van der Waals surface area contributed by atoms with Crippen molar-refractivity contribution in [1.29, 1.82) is 0 Å². The molecule has 2 aromatic rings. The zero-order valence-corrected chi connectivity index (χ0v) is 11.1. The van der Waals surface area contributed by atoms with Crippen LogP contribution < -0.4 is 0 Å². The van der Waals surface area contributed by atoms with Gasteiger partial charge >= 0.3 is 0 Å². The highest BCUT2D eigenvalue weighted by atomic mass is 79.9. The maximum atomic E-state index is 5.92. The fourth-order valence-electron chi connectivity index (χ4n) is 1.54. The summed E-state index contributed by atoms with van der Waals surface area (Å²) in [6.45, 7) is 2.05. The molecule has 1 atom stereocenters. The lowest BCUT2D eigenvalue weighted by atomic mass is 10.1. The van der Waals surface area contributed by atoms with Gasteiger partial charge in [0.15, 0.2) is 5.22 Å². The monoisotopic (exact) mass is 299 g/mol. The van der Waals surface area contributed by atoms with Gasteiger partial charge in [0.05, 0.1) is 6.26 Å². The van der Waals surface area contributed by atoms with Crippen molar-refractivity contribution in [3.8, 4) is 0 Å². The van der Waals surface area contributed by atoms with Crippen molar-refractivity contribution in [2.24, 2.45) is 0 Å². The lowest BCUT2D eigenvalue weighted by Crippen LogP contribution is -1.99. The fraction of sp³-hybridized carbons (Fsp3) is 0.250. The molecule has 16 heavy (non-hydrogen) atoms. The number of nitrogens with zero attached hydrogens (tertiary/aromatic N) is 1. The van der Waals surface area contributed by atoms with E-state index in [1.165, 1.54) is 5.56 Å². The first-order chi connectivity index (χ1) is 7.68. The van der Waals surface area contributed by atoms with Gasteiger partial charge in [-0.25, -0.2) is 0 Å². The standard InChI is InChI=1S/C12H11BrClNO/c1-8-3-2-5-15-11(8)7-10(13)9-4-6-16-12(9)14/h2-6,10H,7H2,1H3. The molecule has 0 aliphatic carbocycles. The maximum Gasteiger partial charge on any atom is 0.197 e. The van der Waals surface area contributed by atoms with Gasteiger partial charge in [-0.05, 0) is 36.2 Å². The van der Waals surface area contributed by atoms with Gasteiger partial charge in [-0.2, -0.15) is 0 Å². The summed E-state index contributed by atoms with van der Waals surface area (Å²) in [5.41, 5.74) is 3.22. The third-order valence-corrected chi connectivity index (χ3v) is 3.60. The molecule has 0 saturated heterocycles. The second kappa shape index (κ2) is 5.02. The summed E-state index contributed by atoms with van der Waals surface area (Å²) in [7, 11) is 0. The van der Waals surface area contributed by atoms with E-state index < -0.39 is 0 Å². The number of hydrogen-bond acceptors (Lipinski definition) is 2. The first-order valence-corrected chi connectivity index (χ1v) is 6.25. The molecule has 2 rings (SSSR count). The van der Waals surface area contributed by atoms with Crippen LogP contribution in [0.3, 0.4) is 0 Å². The summed E-state index contributed by atoms with van der Waals surface area (Å²) in [5.74, 6) is 0. The number of rotatable bonds is 3. The van der Waals surface area contributed by atoms with Crippen LogP contribution in [0.1, 0.15) is 21.6 Å². The minimum atomic E-state index is 0.132. The van der Waals surface area contributed by atoms with Crippen molar-refractivity contribution >= 4 is 27.5 Å². The van der Waals surface area contributed by atoms with Gasteiger partial charge in [-0.15, -0.1) is 0 Å². The van der Waals surface area contributed by atoms with Crippen LogP contribution in [0.25, 0.3) is 0 Å². The number of aryl methyl sites for hydroxylation is 1. The van der Waals surface area contributed by atoms with E-state index >= 15 is 0 Å². The molecule has 4 heteroatoms. The van der Waals surface area contributed by atoms with E-state index in [1.807, 2.05) is 12.1 Å². The Morgan fingerprint density at radius 1 is 1.50 bits per heavy atom. The number of alkyl halides is 1. The minimum Gasteiger partial charge on any atom is -0.453 e. The summed E-state index contributed by atoms with van der Waals surface area (Å²) in [6.07, 6.45) is 4.20. The fourth-order valence-corrected chi connectivity index (χ4v) is 2.59. The summed E-state index contributed by atoms with van der Waals surface area (Å²) >= 11 is 9.53. The average Bonchev–Trinajstić information content (AvgIpc) is 2.68. The molecule has 2 nitrogen and oxygen atoms in total. The van der Waals surface area contributed by atoms with Crippen LogP contribution in [0.5, 0.6) is 0 Å². The Kier molecular flexibility index (Phi) is 3.66. The van der Waals surface area contributed by atoms with Gasteiger partial charge in [-0.1, -0.05) is 22.0 Å². The first-order valence-electron chi connectivity index (χ1n) is 4.96. The molecule has 84 valence electrons. The average molecular weight is 301 g/mol. The largest absolute Gasteiger partial charge is 0.453 e. The molecule has 0 spiro atoms. The van der Waals surface area contributed by atoms with E-state index in [2.05, 4.69) is 33.9 Å². The van der Waals surface area contributed by atoms with Gasteiger partial charge in [-0.3, -0.25) is 4.98 Å². The second-order valence-electron chi connectivity index (χ2n) is 3.59. The van der Waals surface area contributed by atoms with E-state index in [4.69, 9.17) is 16.0 Å². The number of furan rings is 1. The quantitative estimate of drug-likeness (QED) is 0.789. The molecule has 0 aromatic carbocycles. The zero-order chi connectivity index (χ0) is 11.5. The van der Waals surface area contributed by atoms with E-state index in [0.29, 0.717) is 5.22 Å². The van der Waals surface area contributed by atoms with Crippen molar-refractivity contribution in [3.05, 3.63) is 52.7 Å². The molecular formula is C12H11BrClNO. The lowest BCUT2D eigenvalue weighted by molar-refractivity contribution is 0.565. The van der Waals surface area contributed by atoms with Crippen LogP contribution in [-0.4, -0.2) is 4.98 Å². The molecule has 0 aliphatic rings. The normalized spacial score (nSPS) is 12.7. The Hall–Kier alpha value is -0.800. The molecule has 0 amide bonds. The topological polar surface area (TPSA) is 26.0 Å². The van der Waals surface area contributed by atoms with Gasteiger partial charge in [0.1, 0.15) is 0 Å². The highest BCUT2D eigenvalue weighted by molar-refractivity contribution is 9.09. The third kappa shape index (κ3) is 2.47. The predicted octanol–water partition coefficient (Wildman–Crippen LogP) is 4.32. The summed E-state index contributed by atoms with van der Waals surface area (Å²) in [6, 6.07) is 5.87. The molecule has 0 N–H and O–H groups in total. The number of halogens is 2. The molecule has 2 aromatic heterocycles. The molecule has 0 saturated carbocycles. The van der Waals surface area contributed by atoms with E-state index in [1.54, 1.807) is 12.5 Å². The van der Waals surface area contributed by atoms with Crippen molar-refractivity contribution in [1.82, 2.24) is 4.98 Å². The van der Waals surface area contributed by atoms with Crippen LogP contribution in [0.4, 0.5) is 0 Å². The summed E-state index contributed by atoms with van der Waals surface area (Å²) < 4.78 is 5.07. The van der Waals surface area contributed by atoms with Crippen LogP contribution in [-0.2, 0) is 6.42 Å². The minimum absolute atomic E-state index is 0.132. The first kappa shape index (κ1) is 11.7. The van der Waals surface area contributed by atoms with E-state index in [0.717, 1.165) is 17.7 Å². The summed E-state index contributed by atoms with van der Waals surface area (Å²) in [4.78, 5) is 4.49. The van der Waals surface area contributed by atoms with Crippen LogP contribution in [0, 0.1) is 6.92 Å². The van der Waals surface area contributed by atoms with Gasteiger partial charge in [0.2, 0.25) is 0 Å². The number of pyridine rings is 1. The Labute approximate surface area is 108 Å². The number of aromatic nitrogens is 1. The van der Waals surface area contributed by atoms with Crippen LogP contribution in [0.15, 0.2) is 35.1 Å². The molecular weight excluding hydrogens is 289 g/mol. The molecule has 2 heterocycles. The zero-order valence-electron chi connectivity index (χ0n) is 8.78. The van der Waals surface area contributed by atoms with Crippen molar-refractivity contribution in [3.63, 3.8) is 0 Å². The highest BCUT2D eigenvalue weighted by Gasteiger charge is 2.15. The van der Waals surface area contributed by atoms with Crippen molar-refractivity contribution in [2.45, 2.75) is 18.2 Å². The van der Waals surface area contributed by atoms with Crippen molar-refractivity contribution in [2.75, 3.05) is 0 Å². The summed E-state index contributed by atoms with van der Waals surface area (Å²) in [5, 5.41) is 0.440. The molecule has 0 aliphatic heterocycles. The number of hydrogen-bond donors (Lipinski definition) is 0. The Balaban J connectivity index is 2.17. The van der Waals surface area contributed by atoms with Gasteiger partial charge in [0.25, 0.3) is 0 Å². The van der Waals surface area contributed by atoms with Crippen LogP contribution >= 0.6 is 27.5 Å². The molecule has 0 radical (unpaired) electrons. The van der Waals surface area contributed by atoms with Gasteiger partial charge < -0.3 is 4.42 Å². The Morgan fingerprint density at radius 3 is 2.94 bits per heavy atom. The second-order valence-corrected chi connectivity index (χ2v) is 5.04. The van der Waals surface area contributed by atoms with Crippen molar-refractivity contribution < 1.29 is 4.42 Å². The predicted molar refractivity (Wildman–Crippen MR) is 68.1 cm³/mol. The highest BCUT2D eigenvalue weighted by Crippen LogP contribution is 2.33. The maximum absolute atomic E-state index is 5.92. The van der Waals surface area contributed by atoms with Crippen LogP contribution in [0.2, 0.25) is 5.22 Å². The SMILES string of the molecule is Cc1cccnc1CC(Br)c1ccoc1Cl. The Morgan fingerprint density at radius 2 is 2.31 bits per heavy atom.